The number of aryl methyl sites for hydroxylation is 3. The summed E-state index contributed by atoms with van der Waals surface area (Å²) in [6, 6.07) is 62.0. The lowest BCUT2D eigenvalue weighted by atomic mass is 9.33. The Morgan fingerprint density at radius 1 is 0.471 bits per heavy atom. The fourth-order valence-electron chi connectivity index (χ4n) is 11.8. The van der Waals surface area contributed by atoms with Crippen LogP contribution in [-0.4, -0.2) is 19.9 Å². The number of nitrogens with zero attached hydrogens (tertiary/aromatic N) is 2. The van der Waals surface area contributed by atoms with Crippen molar-refractivity contribution >= 4 is 120 Å². The van der Waals surface area contributed by atoms with Crippen molar-refractivity contribution in [1.82, 2.24) is 0 Å². The summed E-state index contributed by atoms with van der Waals surface area (Å²) in [5.74, 6) is 1.61. The third kappa shape index (κ3) is 6.27. The molecular weight excluding hydrogens is 892 g/mol. The molecule has 3 aliphatic rings. The summed E-state index contributed by atoms with van der Waals surface area (Å²) in [4.78, 5) is 5.05. The average Bonchev–Trinajstić information content (AvgIpc) is 3.94. The van der Waals surface area contributed by atoms with Gasteiger partial charge in [0.15, 0.2) is 11.5 Å². The molecule has 70 heavy (non-hydrogen) atoms. The molecule has 2 aromatic heterocycles. The molecule has 0 fully saturated rings. The zero-order valence-electron chi connectivity index (χ0n) is 40.1. The van der Waals surface area contributed by atoms with Gasteiger partial charge in [-0.1, -0.05) is 124 Å². The third-order valence-corrected chi connectivity index (χ3v) is 17.3. The lowest BCUT2D eigenvalue weighted by molar-refractivity contribution is 0.172. The van der Waals surface area contributed by atoms with Crippen molar-refractivity contribution in [2.24, 2.45) is 0 Å². The van der Waals surface area contributed by atoms with Gasteiger partial charge >= 0.3 is 0 Å². The molecule has 0 unspecified atom stereocenters. The normalized spacial score (nSPS) is 13.9. The Balaban J connectivity index is 0.998. The van der Waals surface area contributed by atoms with Crippen LogP contribution in [0.2, 0.25) is 0 Å². The van der Waals surface area contributed by atoms with Crippen LogP contribution < -0.4 is 35.7 Å². The minimum atomic E-state index is -0.0892. The lowest BCUT2D eigenvalue weighted by Crippen LogP contribution is -2.61. The molecule has 11 aromatic rings. The van der Waals surface area contributed by atoms with Crippen LogP contribution >= 0.6 is 22.7 Å². The van der Waals surface area contributed by atoms with Gasteiger partial charge in [0.2, 0.25) is 0 Å². The number of thiophene rings is 2. The van der Waals surface area contributed by atoms with Crippen LogP contribution in [0.5, 0.6) is 11.5 Å². The van der Waals surface area contributed by atoms with Gasteiger partial charge in [-0.05, 0) is 148 Å². The quantitative estimate of drug-likeness (QED) is 0.164. The molecule has 4 nitrogen and oxygen atoms in total. The molecule has 0 saturated carbocycles. The molecule has 0 radical (unpaired) electrons. The van der Waals surface area contributed by atoms with E-state index in [9.17, 15) is 0 Å². The molecule has 9 aromatic carbocycles. The van der Waals surface area contributed by atoms with Gasteiger partial charge in [0.25, 0.3) is 6.71 Å². The first-order valence-corrected chi connectivity index (χ1v) is 26.1. The Hall–Kier alpha value is -7.32. The molecule has 0 saturated heterocycles. The van der Waals surface area contributed by atoms with Gasteiger partial charge in [-0.15, -0.1) is 22.7 Å². The molecular formula is C63H49BN2O2S2. The smallest absolute Gasteiger partial charge is 0.252 e. The summed E-state index contributed by atoms with van der Waals surface area (Å²) in [5, 5.41) is 5.27. The second-order valence-electron chi connectivity index (χ2n) is 20.5. The van der Waals surface area contributed by atoms with E-state index in [0.29, 0.717) is 13.2 Å². The Morgan fingerprint density at radius 2 is 1.03 bits per heavy atom. The molecule has 0 amide bonds. The number of hydrogen-bond donors (Lipinski definition) is 0. The first kappa shape index (κ1) is 41.6. The highest BCUT2D eigenvalue weighted by molar-refractivity contribution is 7.26. The predicted octanol–water partition coefficient (Wildman–Crippen LogP) is 15.8. The Morgan fingerprint density at radius 3 is 1.69 bits per heavy atom. The van der Waals surface area contributed by atoms with E-state index in [4.69, 9.17) is 9.47 Å². The van der Waals surface area contributed by atoms with E-state index in [0.717, 1.165) is 22.9 Å². The Bertz CT molecular complexity index is 3990. The van der Waals surface area contributed by atoms with E-state index in [2.05, 4.69) is 215 Å². The van der Waals surface area contributed by atoms with Crippen molar-refractivity contribution in [3.8, 4) is 33.8 Å². The standard InChI is InChI=1S/C63H49BN2O2S2/c1-36-29-52-59-53(30-36)66(60-37(2)31-43(32-38(60)3)63(4,5)6)61-49(24-26-54-62(61)68-28-27-67-54)64(59)50-33-40(42-18-23-48-46-12-8-10-14-56(46)70-58(48)35-42)19-25-51(50)65(52)44-20-15-39(16-21-44)41-17-22-47-45-11-7-9-13-55(45)69-57(47)34-41/h7-26,29-35H,27-28H2,1-6H3. The van der Waals surface area contributed by atoms with Crippen LogP contribution in [0.4, 0.5) is 34.1 Å². The molecule has 5 heterocycles. The van der Waals surface area contributed by atoms with E-state index in [1.54, 1.807) is 0 Å². The van der Waals surface area contributed by atoms with E-state index in [-0.39, 0.29) is 12.1 Å². The second kappa shape index (κ2) is 15.3. The summed E-state index contributed by atoms with van der Waals surface area (Å²) in [5.41, 5.74) is 20.5. The van der Waals surface area contributed by atoms with Gasteiger partial charge in [0.05, 0.1) is 11.4 Å². The zero-order valence-corrected chi connectivity index (χ0v) is 41.7. The van der Waals surface area contributed by atoms with Crippen LogP contribution in [0.25, 0.3) is 62.6 Å². The third-order valence-electron chi connectivity index (χ3n) is 15.0. The number of hydrogen-bond acceptors (Lipinski definition) is 6. The van der Waals surface area contributed by atoms with Crippen molar-refractivity contribution < 1.29 is 9.47 Å². The van der Waals surface area contributed by atoms with Crippen LogP contribution in [0.1, 0.15) is 43.0 Å². The molecule has 14 rings (SSSR count). The van der Waals surface area contributed by atoms with Crippen LogP contribution in [0, 0.1) is 20.8 Å². The number of benzene rings is 9. The van der Waals surface area contributed by atoms with Gasteiger partial charge in [-0.25, -0.2) is 0 Å². The fourth-order valence-corrected chi connectivity index (χ4v) is 14.1. The summed E-state index contributed by atoms with van der Waals surface area (Å²) in [6.45, 7) is 14.6. The summed E-state index contributed by atoms with van der Waals surface area (Å²) < 4.78 is 18.4. The minimum Gasteiger partial charge on any atom is -0.486 e. The summed E-state index contributed by atoms with van der Waals surface area (Å²) in [6.07, 6.45) is 0. The maximum absolute atomic E-state index is 6.77. The van der Waals surface area contributed by atoms with E-state index in [1.807, 2.05) is 22.7 Å². The summed E-state index contributed by atoms with van der Waals surface area (Å²) in [7, 11) is 0. The van der Waals surface area contributed by atoms with Crippen LogP contribution in [0.15, 0.2) is 164 Å². The minimum absolute atomic E-state index is 0.00188. The van der Waals surface area contributed by atoms with Crippen molar-refractivity contribution in [2.75, 3.05) is 23.0 Å². The van der Waals surface area contributed by atoms with Gasteiger partial charge < -0.3 is 19.3 Å². The SMILES string of the molecule is Cc1cc2c3c(c1)N(c1c(C)cc(C(C)(C)C)cc1C)c1c(ccc4c1OCCO4)B3c1cc(-c3ccc4c(c3)sc3ccccc34)ccc1N2c1ccc(-c2ccc3c(c2)sc2ccccc23)cc1. The van der Waals surface area contributed by atoms with Crippen LogP contribution in [-0.2, 0) is 5.41 Å². The highest BCUT2D eigenvalue weighted by atomic mass is 32.1. The average molecular weight is 941 g/mol. The van der Waals surface area contributed by atoms with Gasteiger partial charge in [0.1, 0.15) is 13.2 Å². The van der Waals surface area contributed by atoms with Crippen LogP contribution in [0.3, 0.4) is 0 Å². The first-order chi connectivity index (χ1) is 34.1. The van der Waals surface area contributed by atoms with Crippen molar-refractivity contribution in [2.45, 2.75) is 47.0 Å². The topological polar surface area (TPSA) is 24.9 Å². The largest absolute Gasteiger partial charge is 0.486 e. The van der Waals surface area contributed by atoms with Gasteiger partial charge in [0, 0.05) is 63.1 Å². The maximum atomic E-state index is 6.77. The molecule has 0 spiro atoms. The highest BCUT2D eigenvalue weighted by Crippen LogP contribution is 2.52. The summed E-state index contributed by atoms with van der Waals surface area (Å²) >= 11 is 3.74. The lowest BCUT2D eigenvalue weighted by Gasteiger charge is -2.46. The number of rotatable bonds is 4. The second-order valence-corrected chi connectivity index (χ2v) is 22.7. The molecule has 0 N–H and O–H groups in total. The predicted molar refractivity (Wildman–Crippen MR) is 301 cm³/mol. The zero-order chi connectivity index (χ0) is 47.2. The Labute approximate surface area is 417 Å². The molecule has 0 bridgehead atoms. The Kier molecular flexibility index (Phi) is 9.13. The highest BCUT2D eigenvalue weighted by Gasteiger charge is 2.46. The molecule has 0 aliphatic carbocycles. The van der Waals surface area contributed by atoms with Crippen molar-refractivity contribution in [3.05, 3.63) is 186 Å². The van der Waals surface area contributed by atoms with E-state index >= 15 is 0 Å². The molecule has 3 aliphatic heterocycles. The van der Waals surface area contributed by atoms with E-state index < -0.39 is 0 Å². The monoisotopic (exact) mass is 940 g/mol. The molecule has 0 atom stereocenters. The number of fused-ring (bicyclic) bond motifs is 12. The van der Waals surface area contributed by atoms with Gasteiger partial charge in [-0.2, -0.15) is 0 Å². The molecule has 7 heteroatoms. The fraction of sp³-hybridized carbons (Fsp3) is 0.143. The van der Waals surface area contributed by atoms with Gasteiger partial charge in [-0.3, -0.25) is 0 Å². The number of ether oxygens (including phenoxy) is 2. The van der Waals surface area contributed by atoms with Crippen molar-refractivity contribution in [1.29, 1.82) is 0 Å². The number of anilines is 6. The maximum Gasteiger partial charge on any atom is 0.252 e. The van der Waals surface area contributed by atoms with E-state index in [1.165, 1.54) is 124 Å². The first-order valence-electron chi connectivity index (χ1n) is 24.4. The van der Waals surface area contributed by atoms with Crippen molar-refractivity contribution in [3.63, 3.8) is 0 Å². The molecule has 338 valence electrons.